The molecule has 3 nitrogen and oxygen atoms in total. The third kappa shape index (κ3) is 4.30. The molecule has 2 aliphatic heterocycles. The summed E-state index contributed by atoms with van der Waals surface area (Å²) in [5.74, 6) is 0.661. The molecule has 6 aromatic rings. The molecular weight excluding hydrogens is 570 g/mol. The molecule has 0 aromatic heterocycles. The molecule has 1 fully saturated rings. The predicted octanol–water partition coefficient (Wildman–Crippen LogP) is 8.61. The Kier molecular flexibility index (Phi) is 6.38. The van der Waals surface area contributed by atoms with Crippen molar-refractivity contribution >= 4 is 22.9 Å². The summed E-state index contributed by atoms with van der Waals surface area (Å²) in [4.78, 5) is 2.24. The molecule has 0 aliphatic carbocycles. The molecule has 2 heterocycles. The van der Waals surface area contributed by atoms with Crippen LogP contribution in [-0.4, -0.2) is 11.5 Å². The molecule has 8 rings (SSSR count). The molecule has 1 saturated heterocycles. The standard InChI is InChI=1S/C38H28BF3NO2/c40-38(41,42)31-21-23-32(24-22-31)39-43(26-34-33-19-11-10-12-27(33)20-25-35(34)44-39)36(28-13-4-1-5-14-28)37(45-39,29-15-6-2-7-16-29)30-17-8-3-9-18-30/h1-25,36H,26H2/q-1/t36-,39?/m1/s1. The number of hydrogen-bond acceptors (Lipinski definition) is 3. The Morgan fingerprint density at radius 1 is 0.644 bits per heavy atom. The van der Waals surface area contributed by atoms with Crippen LogP contribution in [0.2, 0.25) is 0 Å². The maximum Gasteiger partial charge on any atom is 0.416 e. The molecule has 0 amide bonds. The highest BCUT2D eigenvalue weighted by Gasteiger charge is 2.62. The molecule has 0 spiro atoms. The van der Waals surface area contributed by atoms with Crippen LogP contribution in [0, 0.1) is 0 Å². The fourth-order valence-electron chi connectivity index (χ4n) is 7.36. The van der Waals surface area contributed by atoms with E-state index in [9.17, 15) is 13.2 Å². The molecule has 0 N–H and O–H groups in total. The van der Waals surface area contributed by atoms with Gasteiger partial charge in [0.1, 0.15) is 0 Å². The van der Waals surface area contributed by atoms with Crippen LogP contribution in [0.5, 0.6) is 5.75 Å². The van der Waals surface area contributed by atoms with Crippen molar-refractivity contribution in [2.24, 2.45) is 0 Å². The van der Waals surface area contributed by atoms with Crippen LogP contribution in [-0.2, 0) is 23.0 Å². The third-order valence-electron chi connectivity index (χ3n) is 9.30. The van der Waals surface area contributed by atoms with Crippen molar-refractivity contribution in [3.63, 3.8) is 0 Å². The summed E-state index contributed by atoms with van der Waals surface area (Å²) in [6, 6.07) is 47.3. The van der Waals surface area contributed by atoms with E-state index in [0.29, 0.717) is 17.8 Å². The third-order valence-corrected chi connectivity index (χ3v) is 9.30. The summed E-state index contributed by atoms with van der Waals surface area (Å²) in [5, 5.41) is 2.15. The van der Waals surface area contributed by atoms with E-state index >= 15 is 0 Å². The van der Waals surface area contributed by atoms with E-state index in [-0.39, 0.29) is 0 Å². The van der Waals surface area contributed by atoms with Gasteiger partial charge in [-0.2, -0.15) is 13.2 Å². The van der Waals surface area contributed by atoms with Crippen LogP contribution in [0.1, 0.15) is 33.9 Å². The number of alkyl halides is 3. The van der Waals surface area contributed by atoms with Crippen molar-refractivity contribution in [2.45, 2.75) is 24.4 Å². The second-order valence-corrected chi connectivity index (χ2v) is 11.7. The van der Waals surface area contributed by atoms with E-state index in [2.05, 4.69) is 53.3 Å². The monoisotopic (exact) mass is 598 g/mol. The van der Waals surface area contributed by atoms with Crippen molar-refractivity contribution in [1.29, 1.82) is 0 Å². The molecule has 0 radical (unpaired) electrons. The lowest BCUT2D eigenvalue weighted by molar-refractivity contribution is -0.137. The molecule has 222 valence electrons. The van der Waals surface area contributed by atoms with Gasteiger partial charge in [-0.3, -0.25) is 0 Å². The van der Waals surface area contributed by atoms with Crippen molar-refractivity contribution in [2.75, 3.05) is 0 Å². The fraction of sp³-hybridized carbons (Fsp3) is 0.105. The fourth-order valence-corrected chi connectivity index (χ4v) is 7.36. The van der Waals surface area contributed by atoms with Crippen molar-refractivity contribution in [3.8, 4) is 5.75 Å². The van der Waals surface area contributed by atoms with Crippen LogP contribution in [0.4, 0.5) is 13.2 Å². The Bertz CT molecular complexity index is 1950. The maximum absolute atomic E-state index is 13.8. The number of halogens is 3. The molecule has 2 atom stereocenters. The van der Waals surface area contributed by atoms with Crippen LogP contribution in [0.3, 0.4) is 0 Å². The second kappa shape index (κ2) is 10.4. The van der Waals surface area contributed by atoms with Gasteiger partial charge in [0.15, 0.2) is 0 Å². The minimum Gasteiger partial charge on any atom is -0.676 e. The van der Waals surface area contributed by atoms with Gasteiger partial charge in [0, 0.05) is 11.6 Å². The Morgan fingerprint density at radius 3 is 1.84 bits per heavy atom. The quantitative estimate of drug-likeness (QED) is 0.190. The zero-order valence-electron chi connectivity index (χ0n) is 24.2. The zero-order chi connectivity index (χ0) is 30.6. The van der Waals surface area contributed by atoms with Crippen LogP contribution in [0.15, 0.2) is 152 Å². The summed E-state index contributed by atoms with van der Waals surface area (Å²) < 4.78 is 55.9. The van der Waals surface area contributed by atoms with Gasteiger partial charge < -0.3 is 14.1 Å². The van der Waals surface area contributed by atoms with Crippen molar-refractivity contribution in [3.05, 3.63) is 179 Å². The van der Waals surface area contributed by atoms with E-state index in [0.717, 1.165) is 45.2 Å². The largest absolute Gasteiger partial charge is 0.676 e. The first-order valence-electron chi connectivity index (χ1n) is 15.0. The average molecular weight is 598 g/mol. The lowest BCUT2D eigenvalue weighted by Crippen LogP contribution is -2.66. The highest BCUT2D eigenvalue weighted by molar-refractivity contribution is 6.80. The summed E-state index contributed by atoms with van der Waals surface area (Å²) >= 11 is 0. The first kappa shape index (κ1) is 27.7. The maximum atomic E-state index is 13.8. The Hall–Kier alpha value is -4.85. The predicted molar refractivity (Wildman–Crippen MR) is 171 cm³/mol. The normalized spacial score (nSPS) is 20.7. The van der Waals surface area contributed by atoms with Crippen LogP contribution < -0.4 is 10.1 Å². The van der Waals surface area contributed by atoms with Gasteiger partial charge in [0.2, 0.25) is 0 Å². The molecule has 6 aromatic carbocycles. The molecule has 2 aliphatic rings. The topological polar surface area (TPSA) is 21.7 Å². The highest BCUT2D eigenvalue weighted by Crippen LogP contribution is 2.58. The molecule has 0 bridgehead atoms. The molecule has 0 saturated carbocycles. The van der Waals surface area contributed by atoms with Gasteiger partial charge in [-0.15, -0.1) is 5.46 Å². The molecular formula is C38H28BF3NO2-. The van der Waals surface area contributed by atoms with Gasteiger partial charge in [-0.1, -0.05) is 146 Å². The summed E-state index contributed by atoms with van der Waals surface area (Å²) in [6.07, 6.45) is -4.47. The number of nitrogens with zero attached hydrogens (tertiary/aromatic N) is 1. The van der Waals surface area contributed by atoms with Gasteiger partial charge in [0.25, 0.3) is 0 Å². The smallest absolute Gasteiger partial charge is 0.416 e. The van der Waals surface area contributed by atoms with E-state index in [1.165, 1.54) is 12.1 Å². The van der Waals surface area contributed by atoms with E-state index in [4.69, 9.17) is 9.31 Å². The summed E-state index contributed by atoms with van der Waals surface area (Å²) in [7, 11) is 0. The first-order chi connectivity index (χ1) is 21.9. The first-order valence-corrected chi connectivity index (χ1v) is 15.0. The van der Waals surface area contributed by atoms with E-state index in [1.807, 2.05) is 78.9 Å². The minimum atomic E-state index is -4.47. The number of fused-ring (bicyclic) bond motifs is 4. The SMILES string of the molecule is FC(F)(F)c1ccc([B-]23Oc4ccc5ccccc5c4CN2[C@H](c2ccccc2)C(c2ccccc2)(c2ccccc2)O3)cc1. The molecule has 45 heavy (non-hydrogen) atoms. The lowest BCUT2D eigenvalue weighted by Gasteiger charge is -2.51. The molecule has 1 unspecified atom stereocenters. The van der Waals surface area contributed by atoms with Crippen molar-refractivity contribution < 1.29 is 22.5 Å². The minimum absolute atomic E-state index is 0.405. The Labute approximate surface area is 259 Å². The molecule has 7 heteroatoms. The van der Waals surface area contributed by atoms with Crippen LogP contribution in [0.25, 0.3) is 10.8 Å². The average Bonchev–Trinajstić information content (AvgIpc) is 3.40. The highest BCUT2D eigenvalue weighted by atomic mass is 19.4. The van der Waals surface area contributed by atoms with Crippen LogP contribution >= 0.6 is 0 Å². The van der Waals surface area contributed by atoms with Gasteiger partial charge in [-0.05, 0) is 40.1 Å². The van der Waals surface area contributed by atoms with E-state index < -0.39 is 30.1 Å². The second-order valence-electron chi connectivity index (χ2n) is 11.7. The summed E-state index contributed by atoms with van der Waals surface area (Å²) in [6.45, 7) is -2.08. The van der Waals surface area contributed by atoms with Gasteiger partial charge >= 0.3 is 12.9 Å². The van der Waals surface area contributed by atoms with Crippen molar-refractivity contribution in [1.82, 2.24) is 4.81 Å². The Morgan fingerprint density at radius 2 is 1.22 bits per heavy atom. The Balaban J connectivity index is 1.45. The number of benzene rings is 6. The summed E-state index contributed by atoms with van der Waals surface area (Å²) in [5.41, 5.74) is 2.60. The lowest BCUT2D eigenvalue weighted by atomic mass is 9.60. The van der Waals surface area contributed by atoms with E-state index in [1.54, 1.807) is 0 Å². The number of hydrogen-bond donors (Lipinski definition) is 0. The number of rotatable bonds is 4. The van der Waals surface area contributed by atoms with Gasteiger partial charge in [-0.25, -0.2) is 0 Å². The van der Waals surface area contributed by atoms with Gasteiger partial charge in [0.05, 0.1) is 16.9 Å². The zero-order valence-corrected chi connectivity index (χ0v) is 24.2.